The molecule has 0 aromatic carbocycles. The second-order valence-electron chi connectivity index (χ2n) is 24.1. The Kier molecular flexibility index (Phi) is 67.6. The summed E-state index contributed by atoms with van der Waals surface area (Å²) in [5, 5.41) is 0. The number of unbranched alkanes of at least 4 members (excludes halogenated alkanes) is 43. The molecule has 6 nitrogen and oxygen atoms in total. The standard InChI is InChI=1S/C76H136O6/c1-4-7-10-13-16-19-22-24-26-28-30-32-34-36-38-40-42-44-46-48-50-52-54-57-60-63-66-69-75(78)81-72-73(71-80-74(77)68-65-62-59-56-21-18-15-12-9-6-3)82-76(79)70-67-64-61-58-55-53-51-49-47-45-43-41-39-37-35-33-31-29-27-25-23-20-17-14-11-8-5-2/h12,15,22-25,28-31,34,36,73H,4-11,13-14,16-21,26-27,32-33,35,37-72H2,1-3H3/b15-12-,24-22-,25-23-,30-28-,31-29-,36-34-. The first-order valence-electron chi connectivity index (χ1n) is 35.9. The van der Waals surface area contributed by atoms with E-state index in [0.717, 1.165) is 89.9 Å². The van der Waals surface area contributed by atoms with Gasteiger partial charge in [0.05, 0.1) is 0 Å². The summed E-state index contributed by atoms with van der Waals surface area (Å²) in [4.78, 5) is 38.4. The van der Waals surface area contributed by atoms with Crippen molar-refractivity contribution in [1.82, 2.24) is 0 Å². The van der Waals surface area contributed by atoms with Gasteiger partial charge in [-0.3, -0.25) is 14.4 Å². The third-order valence-corrected chi connectivity index (χ3v) is 15.9. The zero-order valence-electron chi connectivity index (χ0n) is 54.8. The Balaban J connectivity index is 4.17. The number of carbonyl (C=O) groups is 3. The van der Waals surface area contributed by atoms with Crippen molar-refractivity contribution in [3.8, 4) is 0 Å². The third-order valence-electron chi connectivity index (χ3n) is 15.9. The van der Waals surface area contributed by atoms with Gasteiger partial charge in [0, 0.05) is 19.3 Å². The highest BCUT2D eigenvalue weighted by Gasteiger charge is 2.19. The summed E-state index contributed by atoms with van der Waals surface area (Å²) >= 11 is 0. The van der Waals surface area contributed by atoms with E-state index in [4.69, 9.17) is 14.2 Å². The van der Waals surface area contributed by atoms with Gasteiger partial charge < -0.3 is 14.2 Å². The number of esters is 3. The Labute approximate surface area is 510 Å². The molecule has 1 atom stereocenters. The molecule has 0 heterocycles. The lowest BCUT2D eigenvalue weighted by Gasteiger charge is -2.18. The molecular weight excluding hydrogens is 1010 g/mol. The molecule has 0 radical (unpaired) electrons. The van der Waals surface area contributed by atoms with Crippen LogP contribution in [0, 0.1) is 0 Å². The predicted molar refractivity (Wildman–Crippen MR) is 358 cm³/mol. The second-order valence-corrected chi connectivity index (χ2v) is 24.1. The molecule has 0 aliphatic carbocycles. The Morgan fingerprint density at radius 1 is 0.244 bits per heavy atom. The van der Waals surface area contributed by atoms with Crippen LogP contribution in [0.1, 0.15) is 374 Å². The van der Waals surface area contributed by atoms with Crippen molar-refractivity contribution in [2.75, 3.05) is 13.2 Å². The predicted octanol–water partition coefficient (Wildman–Crippen LogP) is 24.8. The quantitative estimate of drug-likeness (QED) is 0.0261. The number of hydrogen-bond donors (Lipinski definition) is 0. The lowest BCUT2D eigenvalue weighted by Crippen LogP contribution is -2.30. The van der Waals surface area contributed by atoms with Crippen molar-refractivity contribution in [2.24, 2.45) is 0 Å². The van der Waals surface area contributed by atoms with Crippen molar-refractivity contribution >= 4 is 17.9 Å². The minimum atomic E-state index is -0.780. The van der Waals surface area contributed by atoms with Gasteiger partial charge in [-0.25, -0.2) is 0 Å². The number of ether oxygens (including phenoxy) is 3. The van der Waals surface area contributed by atoms with Crippen LogP contribution < -0.4 is 0 Å². The summed E-state index contributed by atoms with van der Waals surface area (Å²) in [6, 6.07) is 0. The molecule has 0 rings (SSSR count). The van der Waals surface area contributed by atoms with Crippen LogP contribution >= 0.6 is 0 Å². The molecule has 0 fully saturated rings. The van der Waals surface area contributed by atoms with E-state index in [1.165, 1.54) is 244 Å². The summed E-state index contributed by atoms with van der Waals surface area (Å²) in [5.74, 6) is -0.870. The molecule has 0 spiro atoms. The van der Waals surface area contributed by atoms with Gasteiger partial charge in [-0.2, -0.15) is 0 Å². The van der Waals surface area contributed by atoms with Crippen molar-refractivity contribution < 1.29 is 28.6 Å². The third kappa shape index (κ3) is 67.6. The van der Waals surface area contributed by atoms with E-state index in [0.29, 0.717) is 19.3 Å². The van der Waals surface area contributed by atoms with Crippen LogP contribution in [0.15, 0.2) is 72.9 Å². The highest BCUT2D eigenvalue weighted by atomic mass is 16.6. The van der Waals surface area contributed by atoms with Crippen LogP contribution in [0.2, 0.25) is 0 Å². The molecule has 0 saturated carbocycles. The van der Waals surface area contributed by atoms with E-state index < -0.39 is 6.10 Å². The first-order chi connectivity index (χ1) is 40.5. The van der Waals surface area contributed by atoms with Gasteiger partial charge in [0.1, 0.15) is 13.2 Å². The topological polar surface area (TPSA) is 78.9 Å². The van der Waals surface area contributed by atoms with Gasteiger partial charge in [0.15, 0.2) is 6.10 Å². The Hall–Kier alpha value is -3.15. The smallest absolute Gasteiger partial charge is 0.306 e. The van der Waals surface area contributed by atoms with E-state index in [1.54, 1.807) is 0 Å². The van der Waals surface area contributed by atoms with Gasteiger partial charge in [-0.05, 0) is 109 Å². The lowest BCUT2D eigenvalue weighted by atomic mass is 10.0. The van der Waals surface area contributed by atoms with E-state index in [1.807, 2.05) is 0 Å². The first kappa shape index (κ1) is 78.8. The number of hydrogen-bond acceptors (Lipinski definition) is 6. The molecule has 0 amide bonds. The highest BCUT2D eigenvalue weighted by Crippen LogP contribution is 2.18. The SMILES string of the molecule is CCC/C=C\CCCCCCCC(=O)OCC(COC(=O)CCCCCCCCCCCCCC/C=C\C/C=C\C/C=C\CCCCCCC)OC(=O)CCCCCCCCCCCCCCCCC/C=C\C/C=C\CCCCCCC. The van der Waals surface area contributed by atoms with Crippen molar-refractivity contribution in [2.45, 2.75) is 380 Å². The van der Waals surface area contributed by atoms with Gasteiger partial charge in [0.2, 0.25) is 0 Å². The monoisotopic (exact) mass is 1150 g/mol. The molecule has 0 aromatic rings. The Morgan fingerprint density at radius 3 is 0.744 bits per heavy atom. The van der Waals surface area contributed by atoms with Crippen LogP contribution in [-0.4, -0.2) is 37.2 Å². The van der Waals surface area contributed by atoms with Gasteiger partial charge in [0.25, 0.3) is 0 Å². The van der Waals surface area contributed by atoms with Gasteiger partial charge in [-0.1, -0.05) is 318 Å². The maximum absolute atomic E-state index is 12.9. The summed E-state index contributed by atoms with van der Waals surface area (Å²) in [5.41, 5.74) is 0. The normalized spacial score (nSPS) is 12.5. The van der Waals surface area contributed by atoms with Crippen LogP contribution in [0.5, 0.6) is 0 Å². The fourth-order valence-electron chi connectivity index (χ4n) is 10.5. The van der Waals surface area contributed by atoms with Crippen LogP contribution in [0.3, 0.4) is 0 Å². The van der Waals surface area contributed by atoms with Crippen molar-refractivity contribution in [3.63, 3.8) is 0 Å². The summed E-state index contributed by atoms with van der Waals surface area (Å²) in [6.07, 6.45) is 92.3. The van der Waals surface area contributed by atoms with Gasteiger partial charge in [-0.15, -0.1) is 0 Å². The van der Waals surface area contributed by atoms with E-state index >= 15 is 0 Å². The molecule has 476 valence electrons. The largest absolute Gasteiger partial charge is 0.462 e. The molecular formula is C76H136O6. The fourth-order valence-corrected chi connectivity index (χ4v) is 10.5. The van der Waals surface area contributed by atoms with Crippen LogP contribution in [-0.2, 0) is 28.6 Å². The molecule has 0 N–H and O–H groups in total. The second kappa shape index (κ2) is 70.3. The Bertz CT molecular complexity index is 1500. The van der Waals surface area contributed by atoms with E-state index in [2.05, 4.69) is 93.7 Å². The fraction of sp³-hybridized carbons (Fsp3) is 0.803. The number of carbonyl (C=O) groups excluding carboxylic acids is 3. The highest BCUT2D eigenvalue weighted by molar-refractivity contribution is 5.71. The molecule has 0 aliphatic rings. The summed E-state index contributed by atoms with van der Waals surface area (Å²) < 4.78 is 16.9. The molecule has 0 bridgehead atoms. The zero-order chi connectivity index (χ0) is 59.2. The maximum atomic E-state index is 12.9. The van der Waals surface area contributed by atoms with Crippen molar-refractivity contribution in [3.05, 3.63) is 72.9 Å². The number of rotatable bonds is 66. The summed E-state index contributed by atoms with van der Waals surface area (Å²) in [6.45, 7) is 6.60. The molecule has 1 unspecified atom stereocenters. The minimum Gasteiger partial charge on any atom is -0.462 e. The average molecular weight is 1150 g/mol. The average Bonchev–Trinajstić information content (AvgIpc) is 3.47. The maximum Gasteiger partial charge on any atom is 0.306 e. The molecule has 0 aliphatic heterocycles. The van der Waals surface area contributed by atoms with Gasteiger partial charge >= 0.3 is 17.9 Å². The lowest BCUT2D eigenvalue weighted by molar-refractivity contribution is -0.167. The molecule has 6 heteroatoms. The first-order valence-corrected chi connectivity index (χ1v) is 35.9. The zero-order valence-corrected chi connectivity index (χ0v) is 54.8. The van der Waals surface area contributed by atoms with Crippen LogP contribution in [0.25, 0.3) is 0 Å². The number of allylic oxidation sites excluding steroid dienone is 12. The molecule has 0 aromatic heterocycles. The van der Waals surface area contributed by atoms with Crippen LogP contribution in [0.4, 0.5) is 0 Å². The summed E-state index contributed by atoms with van der Waals surface area (Å²) in [7, 11) is 0. The van der Waals surface area contributed by atoms with E-state index in [9.17, 15) is 14.4 Å². The van der Waals surface area contributed by atoms with E-state index in [-0.39, 0.29) is 31.1 Å². The molecule has 82 heavy (non-hydrogen) atoms. The van der Waals surface area contributed by atoms with Crippen molar-refractivity contribution in [1.29, 1.82) is 0 Å². The molecule has 0 saturated heterocycles. The Morgan fingerprint density at radius 2 is 0.463 bits per heavy atom. The minimum absolute atomic E-state index is 0.0762.